The van der Waals surface area contributed by atoms with Gasteiger partial charge in [0, 0.05) is 17.0 Å². The molecule has 18 heavy (non-hydrogen) atoms. The van der Waals surface area contributed by atoms with E-state index in [0.29, 0.717) is 6.42 Å². The molecule has 0 spiro atoms. The summed E-state index contributed by atoms with van der Waals surface area (Å²) >= 11 is 5.87. The molecule has 0 amide bonds. The van der Waals surface area contributed by atoms with Gasteiger partial charge in [-0.15, -0.1) is 0 Å². The van der Waals surface area contributed by atoms with Crippen molar-refractivity contribution in [2.24, 2.45) is 0 Å². The van der Waals surface area contributed by atoms with Gasteiger partial charge in [0.1, 0.15) is 0 Å². The fourth-order valence-corrected chi connectivity index (χ4v) is 2.81. The van der Waals surface area contributed by atoms with Crippen molar-refractivity contribution < 1.29 is 5.11 Å². The highest BCUT2D eigenvalue weighted by atomic mass is 35.5. The quantitative estimate of drug-likeness (QED) is 0.856. The minimum absolute atomic E-state index is 0.153. The number of hydrogen-bond acceptors (Lipinski definition) is 2. The van der Waals surface area contributed by atoms with Crippen LogP contribution in [0, 0.1) is 0 Å². The molecular formula is C15H24ClNO. The van der Waals surface area contributed by atoms with Gasteiger partial charge in [-0.1, -0.05) is 37.6 Å². The fourth-order valence-electron chi connectivity index (χ4n) is 2.69. The predicted molar refractivity (Wildman–Crippen MR) is 78.2 cm³/mol. The fraction of sp³-hybridized carbons (Fsp3) is 0.600. The average Bonchev–Trinajstić information content (AvgIpc) is 2.34. The molecule has 1 N–H and O–H groups in total. The van der Waals surface area contributed by atoms with Crippen LogP contribution in [0.1, 0.15) is 32.3 Å². The monoisotopic (exact) mass is 269 g/mol. The summed E-state index contributed by atoms with van der Waals surface area (Å²) in [4.78, 5) is 2.15. The molecule has 0 radical (unpaired) electrons. The first-order valence-corrected chi connectivity index (χ1v) is 6.94. The third-order valence-electron chi connectivity index (χ3n) is 4.08. The second-order valence-corrected chi connectivity index (χ2v) is 5.49. The highest BCUT2D eigenvalue weighted by Crippen LogP contribution is 2.28. The molecule has 0 bridgehead atoms. The Hall–Kier alpha value is -0.570. The van der Waals surface area contributed by atoms with Crippen LogP contribution in [-0.2, 0) is 6.42 Å². The van der Waals surface area contributed by atoms with Crippen LogP contribution >= 0.6 is 11.6 Å². The van der Waals surface area contributed by atoms with E-state index in [4.69, 9.17) is 11.6 Å². The molecule has 1 aromatic carbocycles. The van der Waals surface area contributed by atoms with Crippen LogP contribution in [0.3, 0.4) is 0 Å². The van der Waals surface area contributed by atoms with Crippen molar-refractivity contribution in [3.63, 3.8) is 0 Å². The summed E-state index contributed by atoms with van der Waals surface area (Å²) in [6.07, 6.45) is 2.16. The molecule has 0 saturated carbocycles. The molecule has 102 valence electrons. The van der Waals surface area contributed by atoms with E-state index in [9.17, 15) is 5.11 Å². The third-order valence-corrected chi connectivity index (χ3v) is 4.33. The second-order valence-electron chi connectivity index (χ2n) is 5.05. The van der Waals surface area contributed by atoms with E-state index in [-0.39, 0.29) is 11.6 Å². The van der Waals surface area contributed by atoms with Gasteiger partial charge >= 0.3 is 0 Å². The molecule has 1 aromatic rings. The van der Waals surface area contributed by atoms with Crippen molar-refractivity contribution in [1.82, 2.24) is 4.90 Å². The Bertz CT molecular complexity index is 357. The first-order chi connectivity index (χ1) is 8.46. The lowest BCUT2D eigenvalue weighted by molar-refractivity contribution is -0.0125. The lowest BCUT2D eigenvalue weighted by Crippen LogP contribution is -2.53. The molecular weight excluding hydrogens is 246 g/mol. The topological polar surface area (TPSA) is 23.5 Å². The van der Waals surface area contributed by atoms with E-state index in [1.807, 2.05) is 38.4 Å². The summed E-state index contributed by atoms with van der Waals surface area (Å²) in [5.41, 5.74) is 0.972. The lowest BCUT2D eigenvalue weighted by atomic mass is 9.82. The van der Waals surface area contributed by atoms with E-state index in [2.05, 4.69) is 18.7 Å². The van der Waals surface area contributed by atoms with Gasteiger partial charge in [-0.3, -0.25) is 0 Å². The summed E-state index contributed by atoms with van der Waals surface area (Å²) in [6.45, 7) is 4.27. The van der Waals surface area contributed by atoms with Crippen molar-refractivity contribution in [2.75, 3.05) is 14.1 Å². The number of nitrogens with zero attached hydrogens (tertiary/aromatic N) is 1. The minimum Gasteiger partial charge on any atom is -0.391 e. The summed E-state index contributed by atoms with van der Waals surface area (Å²) in [5, 5.41) is 11.3. The number of aliphatic hydroxyl groups is 1. The largest absolute Gasteiger partial charge is 0.391 e. The molecule has 0 aliphatic carbocycles. The van der Waals surface area contributed by atoms with Crippen molar-refractivity contribution in [1.29, 1.82) is 0 Å². The molecule has 0 fully saturated rings. The maximum atomic E-state index is 10.6. The van der Waals surface area contributed by atoms with Crippen LogP contribution in [-0.4, -0.2) is 35.7 Å². The molecule has 1 rings (SSSR count). The predicted octanol–water partition coefficient (Wildman–Crippen LogP) is 3.36. The Morgan fingerprint density at radius 1 is 1.17 bits per heavy atom. The number of hydrogen-bond donors (Lipinski definition) is 1. The third kappa shape index (κ3) is 3.25. The Labute approximate surface area is 116 Å². The molecule has 1 unspecified atom stereocenters. The van der Waals surface area contributed by atoms with Gasteiger partial charge < -0.3 is 10.0 Å². The highest BCUT2D eigenvalue weighted by Gasteiger charge is 2.36. The van der Waals surface area contributed by atoms with Gasteiger partial charge in [0.15, 0.2) is 0 Å². The van der Waals surface area contributed by atoms with E-state index < -0.39 is 0 Å². The summed E-state index contributed by atoms with van der Waals surface area (Å²) in [6, 6.07) is 7.71. The maximum Gasteiger partial charge on any atom is 0.0763 e. The first-order valence-electron chi connectivity index (χ1n) is 6.56. The Morgan fingerprint density at radius 2 is 1.67 bits per heavy atom. The number of benzene rings is 1. The minimum atomic E-state index is -0.372. The van der Waals surface area contributed by atoms with Crippen LogP contribution < -0.4 is 0 Å². The lowest BCUT2D eigenvalue weighted by Gasteiger charge is -2.42. The van der Waals surface area contributed by atoms with Crippen LogP contribution in [0.5, 0.6) is 0 Å². The van der Waals surface area contributed by atoms with Gasteiger partial charge in [0.25, 0.3) is 0 Å². The Balaban J connectivity index is 2.85. The molecule has 2 nitrogen and oxygen atoms in total. The van der Waals surface area contributed by atoms with Crippen LogP contribution in [0.15, 0.2) is 24.3 Å². The van der Waals surface area contributed by atoms with Gasteiger partial charge in [-0.25, -0.2) is 0 Å². The van der Waals surface area contributed by atoms with Gasteiger partial charge in [-0.05, 0) is 44.6 Å². The first kappa shape index (κ1) is 15.5. The molecule has 1 atom stereocenters. The summed E-state index contributed by atoms with van der Waals surface area (Å²) in [7, 11) is 4.08. The van der Waals surface area contributed by atoms with Crippen LogP contribution in [0.25, 0.3) is 0 Å². The highest BCUT2D eigenvalue weighted by molar-refractivity contribution is 6.30. The SMILES string of the molecule is CCC(CC)(C(O)Cc1ccc(Cl)cc1)N(C)C. The van der Waals surface area contributed by atoms with Gasteiger partial charge in [0.2, 0.25) is 0 Å². The molecule has 0 heterocycles. The van der Waals surface area contributed by atoms with Gasteiger partial charge in [-0.2, -0.15) is 0 Å². The molecule has 0 aliphatic heterocycles. The van der Waals surface area contributed by atoms with E-state index >= 15 is 0 Å². The van der Waals surface area contributed by atoms with Crippen molar-refractivity contribution in [2.45, 2.75) is 44.8 Å². The molecule has 0 saturated heterocycles. The van der Waals surface area contributed by atoms with Crippen molar-refractivity contribution in [3.8, 4) is 0 Å². The number of likely N-dealkylation sites (N-methyl/N-ethyl adjacent to an activating group) is 1. The van der Waals surface area contributed by atoms with Crippen LogP contribution in [0.2, 0.25) is 5.02 Å². The van der Waals surface area contributed by atoms with Crippen molar-refractivity contribution >= 4 is 11.6 Å². The Morgan fingerprint density at radius 3 is 2.06 bits per heavy atom. The van der Waals surface area contributed by atoms with Gasteiger partial charge in [0.05, 0.1) is 6.10 Å². The normalized spacial score (nSPS) is 13.9. The van der Waals surface area contributed by atoms with Crippen LogP contribution in [0.4, 0.5) is 0 Å². The maximum absolute atomic E-state index is 10.6. The summed E-state index contributed by atoms with van der Waals surface area (Å²) < 4.78 is 0. The average molecular weight is 270 g/mol. The molecule has 0 aliphatic rings. The number of aliphatic hydroxyl groups excluding tert-OH is 1. The zero-order chi connectivity index (χ0) is 13.8. The standard InChI is InChI=1S/C15H24ClNO/c1-5-15(6-2,17(3)4)14(18)11-12-7-9-13(16)10-8-12/h7-10,14,18H,5-6,11H2,1-4H3. The number of halogens is 1. The smallest absolute Gasteiger partial charge is 0.0763 e. The second kappa shape index (κ2) is 6.55. The van der Waals surface area contributed by atoms with E-state index in [1.165, 1.54) is 0 Å². The zero-order valence-corrected chi connectivity index (χ0v) is 12.5. The van der Waals surface area contributed by atoms with E-state index in [0.717, 1.165) is 23.4 Å². The molecule has 3 heteroatoms. The van der Waals surface area contributed by atoms with E-state index in [1.54, 1.807) is 0 Å². The van der Waals surface area contributed by atoms with Crippen molar-refractivity contribution in [3.05, 3.63) is 34.9 Å². The Kier molecular flexibility index (Phi) is 5.64. The molecule has 0 aromatic heterocycles. The number of rotatable bonds is 6. The summed E-state index contributed by atoms with van der Waals surface area (Å²) in [5.74, 6) is 0. The zero-order valence-electron chi connectivity index (χ0n) is 11.8.